The molecule has 0 radical (unpaired) electrons. The van der Waals surface area contributed by atoms with Crippen LogP contribution in [0.15, 0.2) is 91.0 Å². The summed E-state index contributed by atoms with van der Waals surface area (Å²) in [6.45, 7) is 0.471. The van der Waals surface area contributed by atoms with Crippen LogP contribution in [-0.2, 0) is 38.8 Å². The van der Waals surface area contributed by atoms with Crippen molar-refractivity contribution in [1.29, 1.82) is 0 Å². The molecule has 3 aromatic rings. The Labute approximate surface area is 198 Å². The van der Waals surface area contributed by atoms with Gasteiger partial charge in [-0.05, 0) is 16.7 Å². The van der Waals surface area contributed by atoms with Crippen molar-refractivity contribution in [2.24, 2.45) is 0 Å². The highest BCUT2D eigenvalue weighted by atomic mass is 19.2. The smallest absolute Gasteiger partial charge is 0.287 e. The summed E-state index contributed by atoms with van der Waals surface area (Å²) in [5, 5.41) is 20.7. The van der Waals surface area contributed by atoms with Crippen LogP contribution < -0.4 is 0 Å². The van der Waals surface area contributed by atoms with Gasteiger partial charge in [0, 0.05) is 0 Å². The van der Waals surface area contributed by atoms with E-state index in [-0.39, 0.29) is 19.8 Å². The van der Waals surface area contributed by atoms with Gasteiger partial charge in [0.1, 0.15) is 12.2 Å². The molecule has 180 valence electrons. The van der Waals surface area contributed by atoms with Crippen LogP contribution in [0.25, 0.3) is 0 Å². The van der Waals surface area contributed by atoms with Gasteiger partial charge in [-0.1, -0.05) is 91.0 Å². The van der Waals surface area contributed by atoms with E-state index in [1.165, 1.54) is 0 Å². The summed E-state index contributed by atoms with van der Waals surface area (Å²) in [5.74, 6) is -3.17. The second-order valence-electron chi connectivity index (χ2n) is 8.23. The lowest BCUT2D eigenvalue weighted by molar-refractivity contribution is -0.383. The van der Waals surface area contributed by atoms with E-state index in [4.69, 9.17) is 18.9 Å². The zero-order chi connectivity index (χ0) is 23.8. The van der Waals surface area contributed by atoms with Gasteiger partial charge in [-0.2, -0.15) is 0 Å². The van der Waals surface area contributed by atoms with Crippen molar-refractivity contribution < 1.29 is 33.6 Å². The van der Waals surface area contributed by atoms with Crippen LogP contribution in [0.1, 0.15) is 16.7 Å². The largest absolute Gasteiger partial charge is 0.374 e. The highest BCUT2D eigenvalue weighted by molar-refractivity contribution is 5.15. The molecular weight excluding hydrogens is 439 g/mol. The van der Waals surface area contributed by atoms with E-state index in [9.17, 15) is 10.2 Å². The van der Waals surface area contributed by atoms with Crippen LogP contribution in [0.4, 0.5) is 4.39 Å². The van der Waals surface area contributed by atoms with Crippen LogP contribution in [-0.4, -0.2) is 47.3 Å². The highest BCUT2D eigenvalue weighted by Gasteiger charge is 2.57. The molecule has 0 amide bonds. The SMILES string of the molecule is OC1O[C@H](COCc2ccccc2)[C@@H](OCc2ccccc2)[C@H](OCc2ccccc2)[C@]1(O)F. The van der Waals surface area contributed by atoms with E-state index in [0.29, 0.717) is 6.61 Å². The molecule has 5 atom stereocenters. The molecule has 1 unspecified atom stereocenters. The summed E-state index contributed by atoms with van der Waals surface area (Å²) in [5.41, 5.74) is 2.61. The number of ether oxygens (including phenoxy) is 4. The van der Waals surface area contributed by atoms with Gasteiger partial charge in [-0.25, -0.2) is 4.39 Å². The Morgan fingerprint density at radius 1 is 0.735 bits per heavy atom. The fourth-order valence-corrected chi connectivity index (χ4v) is 3.84. The van der Waals surface area contributed by atoms with Crippen molar-refractivity contribution in [3.05, 3.63) is 108 Å². The van der Waals surface area contributed by atoms with Crippen LogP contribution in [0, 0.1) is 0 Å². The Kier molecular flexibility index (Phi) is 8.39. The van der Waals surface area contributed by atoms with Crippen LogP contribution >= 0.6 is 0 Å². The number of hydrogen-bond acceptors (Lipinski definition) is 6. The minimum atomic E-state index is -3.17. The molecule has 1 saturated heterocycles. The number of rotatable bonds is 10. The van der Waals surface area contributed by atoms with Gasteiger partial charge in [0.2, 0.25) is 6.29 Å². The average molecular weight is 469 g/mol. The number of halogens is 1. The quantitative estimate of drug-likeness (QED) is 0.472. The first-order valence-electron chi connectivity index (χ1n) is 11.2. The fourth-order valence-electron chi connectivity index (χ4n) is 3.84. The normalized spacial score (nSPS) is 26.9. The van der Waals surface area contributed by atoms with Crippen molar-refractivity contribution in [2.75, 3.05) is 6.61 Å². The monoisotopic (exact) mass is 468 g/mol. The van der Waals surface area contributed by atoms with Crippen molar-refractivity contribution in [3.63, 3.8) is 0 Å². The molecule has 1 heterocycles. The standard InChI is InChI=1S/C27H29FO6/c28-27(30)25(33-18-22-14-8-3-9-15-22)24(32-17-21-12-6-2-7-13-21)23(34-26(27)29)19-31-16-20-10-4-1-5-11-20/h1-15,23-26,29-30H,16-19H2/t23-,24-,25+,26?,27-/m1/s1. The third-order valence-electron chi connectivity index (χ3n) is 5.67. The average Bonchev–Trinajstić information content (AvgIpc) is 2.86. The minimum Gasteiger partial charge on any atom is -0.374 e. The van der Waals surface area contributed by atoms with E-state index >= 15 is 4.39 Å². The Morgan fingerprint density at radius 3 is 1.74 bits per heavy atom. The maximum atomic E-state index is 15.3. The Morgan fingerprint density at radius 2 is 1.21 bits per heavy atom. The topological polar surface area (TPSA) is 77.4 Å². The first-order valence-corrected chi connectivity index (χ1v) is 11.2. The van der Waals surface area contributed by atoms with Gasteiger partial charge < -0.3 is 29.2 Å². The molecule has 6 nitrogen and oxygen atoms in total. The molecule has 2 N–H and O–H groups in total. The molecular formula is C27H29FO6. The molecule has 7 heteroatoms. The lowest BCUT2D eigenvalue weighted by Crippen LogP contribution is -2.66. The second kappa shape index (κ2) is 11.7. The number of aliphatic hydroxyl groups excluding tert-OH is 1. The van der Waals surface area contributed by atoms with E-state index in [1.807, 2.05) is 91.0 Å². The van der Waals surface area contributed by atoms with Gasteiger partial charge in [-0.15, -0.1) is 0 Å². The lowest BCUT2D eigenvalue weighted by atomic mass is 9.96. The maximum Gasteiger partial charge on any atom is 0.287 e. The Bertz CT molecular complexity index is 986. The van der Waals surface area contributed by atoms with E-state index in [0.717, 1.165) is 16.7 Å². The lowest BCUT2D eigenvalue weighted by Gasteiger charge is -2.45. The number of aliphatic hydroxyl groups is 2. The number of benzene rings is 3. The van der Waals surface area contributed by atoms with E-state index < -0.39 is 30.5 Å². The summed E-state index contributed by atoms with van der Waals surface area (Å²) >= 11 is 0. The molecule has 4 rings (SSSR count). The predicted molar refractivity (Wildman–Crippen MR) is 123 cm³/mol. The summed E-state index contributed by atoms with van der Waals surface area (Å²) in [4.78, 5) is 0. The van der Waals surface area contributed by atoms with Crippen LogP contribution in [0.2, 0.25) is 0 Å². The van der Waals surface area contributed by atoms with Crippen molar-refractivity contribution in [3.8, 4) is 0 Å². The van der Waals surface area contributed by atoms with Gasteiger partial charge in [0.25, 0.3) is 5.85 Å². The summed E-state index contributed by atoms with van der Waals surface area (Å²) in [7, 11) is 0. The zero-order valence-electron chi connectivity index (χ0n) is 18.7. The molecule has 0 saturated carbocycles. The summed E-state index contributed by atoms with van der Waals surface area (Å²) in [6.07, 6.45) is -5.54. The molecule has 1 aliphatic heterocycles. The first kappa shape index (κ1) is 24.5. The number of hydrogen-bond donors (Lipinski definition) is 2. The third-order valence-corrected chi connectivity index (χ3v) is 5.67. The van der Waals surface area contributed by atoms with E-state index in [1.54, 1.807) is 0 Å². The highest BCUT2D eigenvalue weighted by Crippen LogP contribution is 2.35. The van der Waals surface area contributed by atoms with Crippen molar-refractivity contribution >= 4 is 0 Å². The second-order valence-corrected chi connectivity index (χ2v) is 8.23. The minimum absolute atomic E-state index is 0.00663. The number of alkyl halides is 1. The van der Waals surface area contributed by atoms with E-state index in [2.05, 4.69) is 0 Å². The summed E-state index contributed by atoms with van der Waals surface area (Å²) < 4.78 is 38.4. The molecule has 3 aromatic carbocycles. The van der Waals surface area contributed by atoms with Gasteiger partial charge in [-0.3, -0.25) is 0 Å². The van der Waals surface area contributed by atoms with Crippen molar-refractivity contribution in [1.82, 2.24) is 0 Å². The first-order chi connectivity index (χ1) is 16.5. The summed E-state index contributed by atoms with van der Waals surface area (Å²) in [6, 6.07) is 28.1. The molecule has 34 heavy (non-hydrogen) atoms. The molecule has 0 bridgehead atoms. The van der Waals surface area contributed by atoms with Gasteiger partial charge >= 0.3 is 0 Å². The van der Waals surface area contributed by atoms with Crippen LogP contribution in [0.3, 0.4) is 0 Å². The third kappa shape index (κ3) is 6.27. The van der Waals surface area contributed by atoms with Crippen molar-refractivity contribution in [2.45, 2.75) is 50.3 Å². The molecule has 0 aliphatic carbocycles. The Hall–Kier alpha value is -2.65. The predicted octanol–water partition coefficient (Wildman–Crippen LogP) is 3.75. The Balaban J connectivity index is 1.50. The molecule has 1 aliphatic rings. The molecule has 1 fully saturated rings. The van der Waals surface area contributed by atoms with Crippen LogP contribution in [0.5, 0.6) is 0 Å². The van der Waals surface area contributed by atoms with Gasteiger partial charge in [0.05, 0.1) is 26.4 Å². The molecule has 0 spiro atoms. The zero-order valence-corrected chi connectivity index (χ0v) is 18.7. The van der Waals surface area contributed by atoms with Gasteiger partial charge in [0.15, 0.2) is 6.10 Å². The molecule has 0 aromatic heterocycles. The fraction of sp³-hybridized carbons (Fsp3) is 0.333. The maximum absolute atomic E-state index is 15.3.